The molecule has 3 rings (SSSR count). The molecule has 2 heterocycles. The van der Waals surface area contributed by atoms with Gasteiger partial charge in [-0.25, -0.2) is 19.9 Å². The highest BCUT2D eigenvalue weighted by Gasteiger charge is 2.17. The summed E-state index contributed by atoms with van der Waals surface area (Å²) in [4.78, 5) is 28.6. The number of ether oxygens (including phenoxy) is 1. The largest absolute Gasteiger partial charge is 0.464 e. The van der Waals surface area contributed by atoms with Gasteiger partial charge in [-0.1, -0.05) is 36.4 Å². The Morgan fingerprint density at radius 1 is 1.11 bits per heavy atom. The van der Waals surface area contributed by atoms with E-state index in [2.05, 4.69) is 20.6 Å². The van der Waals surface area contributed by atoms with Gasteiger partial charge in [0.05, 0.1) is 7.11 Å². The minimum Gasteiger partial charge on any atom is -0.464 e. The summed E-state index contributed by atoms with van der Waals surface area (Å²) in [6.45, 7) is 1.81. The number of carbonyl (C=O) groups is 2. The lowest BCUT2D eigenvalue weighted by Gasteiger charge is -2.05. The van der Waals surface area contributed by atoms with Gasteiger partial charge in [-0.05, 0) is 25.1 Å². The second kappa shape index (κ2) is 8.05. The van der Waals surface area contributed by atoms with Gasteiger partial charge in [0.25, 0.3) is 5.91 Å². The maximum atomic E-state index is 12.4. The SMILES string of the molecule is COC(=O)/C(=N\NC(=O)c1cc(C)n(-c2ccccn2)n1)c1ccccc1. The van der Waals surface area contributed by atoms with E-state index in [1.807, 2.05) is 19.1 Å². The van der Waals surface area contributed by atoms with Crippen LogP contribution in [0.5, 0.6) is 0 Å². The minimum absolute atomic E-state index is 0.00710. The molecule has 0 radical (unpaired) electrons. The molecule has 0 aliphatic heterocycles. The Labute approximate surface area is 155 Å². The van der Waals surface area contributed by atoms with Crippen molar-refractivity contribution >= 4 is 17.6 Å². The van der Waals surface area contributed by atoms with E-state index >= 15 is 0 Å². The predicted octanol–water partition coefficient (Wildman–Crippen LogP) is 1.88. The number of aromatic nitrogens is 3. The van der Waals surface area contributed by atoms with Crippen molar-refractivity contribution in [2.24, 2.45) is 5.10 Å². The Morgan fingerprint density at radius 2 is 1.85 bits per heavy atom. The quantitative estimate of drug-likeness (QED) is 0.424. The highest BCUT2D eigenvalue weighted by molar-refractivity contribution is 6.43. The average molecular weight is 363 g/mol. The van der Waals surface area contributed by atoms with Crippen molar-refractivity contribution in [1.29, 1.82) is 0 Å². The monoisotopic (exact) mass is 363 g/mol. The Hall–Kier alpha value is -3.81. The van der Waals surface area contributed by atoms with Crippen molar-refractivity contribution in [1.82, 2.24) is 20.2 Å². The van der Waals surface area contributed by atoms with Crippen molar-refractivity contribution in [2.45, 2.75) is 6.92 Å². The number of methoxy groups -OCH3 is 1. The molecular formula is C19H17N5O3. The van der Waals surface area contributed by atoms with Gasteiger partial charge in [-0.3, -0.25) is 4.79 Å². The third kappa shape index (κ3) is 4.06. The van der Waals surface area contributed by atoms with Gasteiger partial charge in [-0.2, -0.15) is 10.2 Å². The number of rotatable bonds is 5. The van der Waals surface area contributed by atoms with Crippen LogP contribution in [-0.2, 0) is 9.53 Å². The zero-order chi connectivity index (χ0) is 19.2. The van der Waals surface area contributed by atoms with Crippen LogP contribution in [0.4, 0.5) is 0 Å². The molecule has 3 aromatic rings. The predicted molar refractivity (Wildman–Crippen MR) is 98.6 cm³/mol. The molecule has 0 saturated carbocycles. The van der Waals surface area contributed by atoms with E-state index in [9.17, 15) is 9.59 Å². The second-order valence-electron chi connectivity index (χ2n) is 5.53. The number of pyridine rings is 1. The van der Waals surface area contributed by atoms with E-state index in [0.29, 0.717) is 11.4 Å². The second-order valence-corrected chi connectivity index (χ2v) is 5.53. The van der Waals surface area contributed by atoms with Crippen LogP contribution in [0.1, 0.15) is 21.7 Å². The van der Waals surface area contributed by atoms with E-state index in [1.54, 1.807) is 53.3 Å². The van der Waals surface area contributed by atoms with Gasteiger partial charge in [-0.15, -0.1) is 0 Å². The summed E-state index contributed by atoms with van der Waals surface area (Å²) in [5.74, 6) is -0.612. The Bertz CT molecular complexity index is 981. The summed E-state index contributed by atoms with van der Waals surface area (Å²) in [5, 5.41) is 8.18. The third-order valence-corrected chi connectivity index (χ3v) is 3.68. The summed E-state index contributed by atoms with van der Waals surface area (Å²) in [7, 11) is 1.25. The Balaban J connectivity index is 1.84. The van der Waals surface area contributed by atoms with E-state index < -0.39 is 11.9 Å². The van der Waals surface area contributed by atoms with Crippen LogP contribution in [-0.4, -0.2) is 39.5 Å². The first-order valence-corrected chi connectivity index (χ1v) is 8.10. The zero-order valence-electron chi connectivity index (χ0n) is 14.8. The van der Waals surface area contributed by atoms with Crippen LogP contribution in [0.3, 0.4) is 0 Å². The number of aryl methyl sites for hydroxylation is 1. The number of amides is 1. The average Bonchev–Trinajstić information content (AvgIpc) is 3.11. The molecule has 1 N–H and O–H groups in total. The molecule has 8 heteroatoms. The lowest BCUT2D eigenvalue weighted by atomic mass is 10.1. The first-order chi connectivity index (χ1) is 13.1. The fraction of sp³-hybridized carbons (Fsp3) is 0.105. The lowest BCUT2D eigenvalue weighted by Crippen LogP contribution is -2.25. The minimum atomic E-state index is -0.656. The van der Waals surface area contributed by atoms with Crippen molar-refractivity contribution < 1.29 is 14.3 Å². The van der Waals surface area contributed by atoms with E-state index in [0.717, 1.165) is 5.69 Å². The standard InChI is InChI=1S/C19H17N5O3/c1-13-12-15(23-24(13)16-10-6-7-11-20-16)18(25)22-21-17(19(26)27-2)14-8-4-3-5-9-14/h3-12H,1-2H3,(H,22,25)/b21-17-. The summed E-state index contributed by atoms with van der Waals surface area (Å²) in [6.07, 6.45) is 1.64. The molecule has 27 heavy (non-hydrogen) atoms. The van der Waals surface area contributed by atoms with Crippen molar-refractivity contribution in [3.63, 3.8) is 0 Å². The molecule has 0 fully saturated rings. The number of benzene rings is 1. The summed E-state index contributed by atoms with van der Waals surface area (Å²) in [5.41, 5.74) is 3.76. The van der Waals surface area contributed by atoms with Gasteiger partial charge < -0.3 is 4.74 Å². The maximum Gasteiger partial charge on any atom is 0.359 e. The molecule has 0 unspecified atom stereocenters. The maximum absolute atomic E-state index is 12.4. The van der Waals surface area contributed by atoms with Gasteiger partial charge >= 0.3 is 5.97 Å². The molecule has 1 aromatic carbocycles. The van der Waals surface area contributed by atoms with Gasteiger partial charge in [0.1, 0.15) is 0 Å². The number of hydrogen-bond donors (Lipinski definition) is 1. The number of nitrogens with one attached hydrogen (secondary N) is 1. The fourth-order valence-corrected chi connectivity index (χ4v) is 2.38. The Kier molecular flexibility index (Phi) is 5.36. The van der Waals surface area contributed by atoms with Crippen LogP contribution in [0.15, 0.2) is 65.9 Å². The van der Waals surface area contributed by atoms with Crippen LogP contribution < -0.4 is 5.43 Å². The molecule has 0 aliphatic carbocycles. The summed E-state index contributed by atoms with van der Waals surface area (Å²) < 4.78 is 6.29. The number of nitrogens with zero attached hydrogens (tertiary/aromatic N) is 4. The fourth-order valence-electron chi connectivity index (χ4n) is 2.38. The van der Waals surface area contributed by atoms with E-state index in [1.165, 1.54) is 7.11 Å². The molecule has 136 valence electrons. The zero-order valence-corrected chi connectivity index (χ0v) is 14.8. The van der Waals surface area contributed by atoms with Crippen LogP contribution >= 0.6 is 0 Å². The molecule has 0 saturated heterocycles. The lowest BCUT2D eigenvalue weighted by molar-refractivity contribution is -0.132. The van der Waals surface area contributed by atoms with Crippen molar-refractivity contribution in [3.05, 3.63) is 77.7 Å². The molecule has 0 spiro atoms. The summed E-state index contributed by atoms with van der Waals surface area (Å²) >= 11 is 0. The smallest absolute Gasteiger partial charge is 0.359 e. The summed E-state index contributed by atoms with van der Waals surface area (Å²) in [6, 6.07) is 15.7. The first kappa shape index (κ1) is 18.0. The van der Waals surface area contributed by atoms with E-state index in [-0.39, 0.29) is 11.4 Å². The van der Waals surface area contributed by atoms with Crippen LogP contribution in [0, 0.1) is 6.92 Å². The van der Waals surface area contributed by atoms with Crippen molar-refractivity contribution in [2.75, 3.05) is 7.11 Å². The molecular weight excluding hydrogens is 346 g/mol. The van der Waals surface area contributed by atoms with Gasteiger partial charge in [0, 0.05) is 17.5 Å². The third-order valence-electron chi connectivity index (χ3n) is 3.68. The van der Waals surface area contributed by atoms with Crippen LogP contribution in [0.25, 0.3) is 5.82 Å². The molecule has 1 amide bonds. The Morgan fingerprint density at radius 3 is 2.52 bits per heavy atom. The number of hydrazone groups is 1. The highest BCUT2D eigenvalue weighted by Crippen LogP contribution is 2.10. The van der Waals surface area contributed by atoms with Crippen LogP contribution in [0.2, 0.25) is 0 Å². The number of esters is 1. The highest BCUT2D eigenvalue weighted by atomic mass is 16.5. The molecule has 0 atom stereocenters. The molecule has 8 nitrogen and oxygen atoms in total. The molecule has 2 aromatic heterocycles. The normalized spacial score (nSPS) is 11.1. The molecule has 0 aliphatic rings. The van der Waals surface area contributed by atoms with Gasteiger partial charge in [0.15, 0.2) is 17.2 Å². The van der Waals surface area contributed by atoms with Crippen molar-refractivity contribution in [3.8, 4) is 5.82 Å². The van der Waals surface area contributed by atoms with E-state index in [4.69, 9.17) is 4.74 Å². The topological polar surface area (TPSA) is 98.5 Å². The molecule has 0 bridgehead atoms. The van der Waals surface area contributed by atoms with Gasteiger partial charge in [0.2, 0.25) is 0 Å². The first-order valence-electron chi connectivity index (χ1n) is 8.10. The number of hydrogen-bond acceptors (Lipinski definition) is 6. The number of carbonyl (C=O) groups excluding carboxylic acids is 2.